The van der Waals surface area contributed by atoms with Gasteiger partial charge in [-0.1, -0.05) is 0 Å². The van der Waals surface area contributed by atoms with Crippen LogP contribution in [0, 0.1) is 0 Å². The van der Waals surface area contributed by atoms with Gasteiger partial charge in [-0.25, -0.2) is 18.4 Å². The summed E-state index contributed by atoms with van der Waals surface area (Å²) in [5, 5.41) is 9.62. The zero-order chi connectivity index (χ0) is 20.9. The minimum Gasteiger partial charge on any atom is -0.497 e. The molecule has 0 saturated carbocycles. The fraction of sp³-hybridized carbons (Fsp3) is 0.389. The van der Waals surface area contributed by atoms with Crippen LogP contribution in [0.2, 0.25) is 0 Å². The molecule has 1 atom stereocenters. The van der Waals surface area contributed by atoms with Crippen LogP contribution in [-0.4, -0.2) is 80.2 Å². The van der Waals surface area contributed by atoms with E-state index in [1.165, 1.54) is 36.3 Å². The van der Waals surface area contributed by atoms with Crippen LogP contribution in [0.1, 0.15) is 0 Å². The van der Waals surface area contributed by atoms with Crippen LogP contribution in [0.4, 0.5) is 5.95 Å². The number of hydrogen-bond donors (Lipinski definition) is 2. The van der Waals surface area contributed by atoms with Crippen molar-refractivity contribution in [2.24, 2.45) is 0 Å². The van der Waals surface area contributed by atoms with Crippen molar-refractivity contribution < 1.29 is 23.1 Å². The van der Waals surface area contributed by atoms with Crippen molar-refractivity contribution in [3.8, 4) is 5.75 Å². The number of ether oxygens (including phenoxy) is 1. The van der Waals surface area contributed by atoms with Gasteiger partial charge in [0.15, 0.2) is 0 Å². The van der Waals surface area contributed by atoms with Gasteiger partial charge in [-0.05, 0) is 30.3 Å². The largest absolute Gasteiger partial charge is 0.497 e. The smallest absolute Gasteiger partial charge is 0.243 e. The number of hydrogen-bond acceptors (Lipinski definition) is 8. The highest BCUT2D eigenvalue weighted by atomic mass is 32.2. The molecule has 2 N–H and O–H groups in total. The molecule has 1 aliphatic heterocycles. The van der Waals surface area contributed by atoms with Crippen molar-refractivity contribution in [3.63, 3.8) is 0 Å². The molecule has 1 aliphatic rings. The number of amides is 1. The Morgan fingerprint density at radius 2 is 1.79 bits per heavy atom. The Morgan fingerprint density at radius 3 is 2.34 bits per heavy atom. The fourth-order valence-corrected chi connectivity index (χ4v) is 4.16. The van der Waals surface area contributed by atoms with Crippen molar-refractivity contribution in [2.45, 2.75) is 10.9 Å². The number of sulfonamides is 1. The van der Waals surface area contributed by atoms with E-state index in [1.807, 2.05) is 4.90 Å². The predicted molar refractivity (Wildman–Crippen MR) is 105 cm³/mol. The quantitative estimate of drug-likeness (QED) is 0.612. The molecule has 1 fully saturated rings. The summed E-state index contributed by atoms with van der Waals surface area (Å²) < 4.78 is 32.4. The molecule has 156 valence electrons. The van der Waals surface area contributed by atoms with Gasteiger partial charge in [0.1, 0.15) is 11.8 Å². The fourth-order valence-electron chi connectivity index (χ4n) is 2.98. The van der Waals surface area contributed by atoms with Gasteiger partial charge in [0.05, 0.1) is 18.6 Å². The first-order valence-corrected chi connectivity index (χ1v) is 10.5. The number of carbonyl (C=O) groups is 1. The zero-order valence-electron chi connectivity index (χ0n) is 15.9. The molecule has 1 saturated heterocycles. The maximum atomic E-state index is 12.8. The maximum absolute atomic E-state index is 12.8. The molecule has 1 amide bonds. The van der Waals surface area contributed by atoms with E-state index in [1.54, 1.807) is 18.5 Å². The number of nitrogens with zero attached hydrogens (tertiary/aromatic N) is 4. The first kappa shape index (κ1) is 21.0. The lowest BCUT2D eigenvalue weighted by atomic mass is 10.2. The zero-order valence-corrected chi connectivity index (χ0v) is 16.7. The van der Waals surface area contributed by atoms with Gasteiger partial charge in [-0.15, -0.1) is 0 Å². The SMILES string of the molecule is COc1ccc(S(=O)(=O)N[C@@H](CO)C(=O)N2CCN(c3ncccn3)CC2)cc1. The number of aliphatic hydroxyl groups is 1. The van der Waals surface area contributed by atoms with Gasteiger partial charge >= 0.3 is 0 Å². The molecule has 0 aliphatic carbocycles. The minimum atomic E-state index is -3.98. The molecule has 10 nitrogen and oxygen atoms in total. The first-order valence-electron chi connectivity index (χ1n) is 9.02. The lowest BCUT2D eigenvalue weighted by Crippen LogP contribution is -2.56. The standard InChI is InChI=1S/C18H23N5O5S/c1-28-14-3-5-15(6-4-14)29(26,27)21-16(13-24)17(25)22-9-11-23(12-10-22)18-19-7-2-8-20-18/h2-8,16,21,24H,9-13H2,1H3/t16-/m0/s1. The average Bonchev–Trinajstić information content (AvgIpc) is 2.78. The monoisotopic (exact) mass is 421 g/mol. The molecule has 2 aromatic rings. The Bertz CT molecular complexity index is 915. The van der Waals surface area contributed by atoms with E-state index in [4.69, 9.17) is 4.74 Å². The number of benzene rings is 1. The van der Waals surface area contributed by atoms with Gasteiger partial charge in [-0.3, -0.25) is 4.79 Å². The number of rotatable bonds is 7. The third-order valence-electron chi connectivity index (χ3n) is 4.57. The summed E-state index contributed by atoms with van der Waals surface area (Å²) in [5.74, 6) is 0.621. The highest BCUT2D eigenvalue weighted by Gasteiger charge is 2.31. The summed E-state index contributed by atoms with van der Waals surface area (Å²) in [5.41, 5.74) is 0. The van der Waals surface area contributed by atoms with Crippen LogP contribution >= 0.6 is 0 Å². The third-order valence-corrected chi connectivity index (χ3v) is 6.06. The van der Waals surface area contributed by atoms with Crippen LogP contribution in [0.15, 0.2) is 47.6 Å². The van der Waals surface area contributed by atoms with E-state index in [0.717, 1.165) is 0 Å². The number of methoxy groups -OCH3 is 1. The highest BCUT2D eigenvalue weighted by Crippen LogP contribution is 2.16. The summed E-state index contributed by atoms with van der Waals surface area (Å²) in [6.45, 7) is 1.13. The van der Waals surface area contributed by atoms with Gasteiger partial charge in [0.25, 0.3) is 0 Å². The van der Waals surface area contributed by atoms with Crippen molar-refractivity contribution in [3.05, 3.63) is 42.7 Å². The van der Waals surface area contributed by atoms with Crippen molar-refractivity contribution >= 4 is 21.9 Å². The molecule has 0 radical (unpaired) electrons. The Balaban J connectivity index is 1.63. The van der Waals surface area contributed by atoms with Crippen LogP contribution in [-0.2, 0) is 14.8 Å². The number of aromatic nitrogens is 2. The van der Waals surface area contributed by atoms with E-state index in [2.05, 4.69) is 14.7 Å². The van der Waals surface area contributed by atoms with Crippen molar-refractivity contribution in [1.82, 2.24) is 19.6 Å². The molecule has 0 bridgehead atoms. The van der Waals surface area contributed by atoms with Gasteiger partial charge in [0, 0.05) is 38.6 Å². The van der Waals surface area contributed by atoms with Crippen molar-refractivity contribution in [2.75, 3.05) is 44.8 Å². The van der Waals surface area contributed by atoms with E-state index < -0.39 is 28.6 Å². The van der Waals surface area contributed by atoms with Crippen LogP contribution in [0.25, 0.3) is 0 Å². The lowest BCUT2D eigenvalue weighted by molar-refractivity contribution is -0.134. The average molecular weight is 421 g/mol. The lowest BCUT2D eigenvalue weighted by Gasteiger charge is -2.36. The third kappa shape index (κ3) is 5.00. The molecule has 11 heteroatoms. The summed E-state index contributed by atoms with van der Waals surface area (Å²) in [6, 6.07) is 6.23. The second-order valence-electron chi connectivity index (χ2n) is 6.39. The van der Waals surface area contributed by atoms with Gasteiger partial charge in [0.2, 0.25) is 21.9 Å². The van der Waals surface area contributed by atoms with Crippen LogP contribution < -0.4 is 14.4 Å². The summed E-state index contributed by atoms with van der Waals surface area (Å²) in [4.78, 5) is 24.6. The number of anilines is 1. The number of aliphatic hydroxyl groups excluding tert-OH is 1. The second kappa shape index (κ2) is 9.16. The van der Waals surface area contributed by atoms with Crippen LogP contribution in [0.5, 0.6) is 5.75 Å². The Hall–Kier alpha value is -2.76. The topological polar surface area (TPSA) is 125 Å². The highest BCUT2D eigenvalue weighted by molar-refractivity contribution is 7.89. The molecule has 3 rings (SSSR count). The van der Waals surface area contributed by atoms with Gasteiger partial charge in [-0.2, -0.15) is 4.72 Å². The van der Waals surface area contributed by atoms with E-state index >= 15 is 0 Å². The number of carbonyl (C=O) groups excluding carboxylic acids is 1. The minimum absolute atomic E-state index is 0.0180. The molecular weight excluding hydrogens is 398 g/mol. The Kier molecular flexibility index (Phi) is 6.62. The molecule has 2 heterocycles. The summed E-state index contributed by atoms with van der Waals surface area (Å²) >= 11 is 0. The molecule has 1 aromatic heterocycles. The summed E-state index contributed by atoms with van der Waals surface area (Å²) in [6.07, 6.45) is 3.30. The number of nitrogens with one attached hydrogen (secondary N) is 1. The molecule has 0 unspecified atom stereocenters. The van der Waals surface area contributed by atoms with E-state index in [-0.39, 0.29) is 4.90 Å². The van der Waals surface area contributed by atoms with Crippen molar-refractivity contribution in [1.29, 1.82) is 0 Å². The first-order chi connectivity index (χ1) is 13.9. The van der Waals surface area contributed by atoms with E-state index in [0.29, 0.717) is 37.9 Å². The Labute approximate surface area is 169 Å². The molecule has 0 spiro atoms. The molecular formula is C18H23N5O5S. The number of piperazine rings is 1. The van der Waals surface area contributed by atoms with E-state index in [9.17, 15) is 18.3 Å². The molecule has 1 aromatic carbocycles. The predicted octanol–water partition coefficient (Wildman–Crippen LogP) is -0.527. The second-order valence-corrected chi connectivity index (χ2v) is 8.11. The van der Waals surface area contributed by atoms with Gasteiger partial charge < -0.3 is 19.6 Å². The summed E-state index contributed by atoms with van der Waals surface area (Å²) in [7, 11) is -2.50. The normalized spacial score (nSPS) is 15.8. The molecule has 29 heavy (non-hydrogen) atoms. The maximum Gasteiger partial charge on any atom is 0.243 e. The van der Waals surface area contributed by atoms with Crippen LogP contribution in [0.3, 0.4) is 0 Å². The Morgan fingerprint density at radius 1 is 1.17 bits per heavy atom.